The normalized spacial score (nSPS) is 16.0. The minimum absolute atomic E-state index is 0.451. The van der Waals surface area contributed by atoms with E-state index in [1.807, 2.05) is 13.0 Å². The Morgan fingerprint density at radius 2 is 1.58 bits per heavy atom. The van der Waals surface area contributed by atoms with Crippen molar-refractivity contribution in [2.45, 2.75) is 25.0 Å². The number of aryl methyl sites for hydroxylation is 1. The SMILES string of the molecule is CCN(CC)c1ccc(N2CCN(S(=O)(=O)c3ccc(C)s3)CC2)cc1. The van der Waals surface area contributed by atoms with Gasteiger partial charge in [-0.05, 0) is 57.2 Å². The average molecular weight is 394 g/mol. The van der Waals surface area contributed by atoms with Gasteiger partial charge < -0.3 is 9.80 Å². The van der Waals surface area contributed by atoms with Crippen LogP contribution in [0, 0.1) is 6.92 Å². The van der Waals surface area contributed by atoms with Crippen LogP contribution in [0.4, 0.5) is 11.4 Å². The summed E-state index contributed by atoms with van der Waals surface area (Å²) in [5.74, 6) is 0. The Hall–Kier alpha value is -1.57. The summed E-state index contributed by atoms with van der Waals surface area (Å²) in [6, 6.07) is 12.2. The minimum atomic E-state index is -3.35. The Morgan fingerprint density at radius 3 is 2.08 bits per heavy atom. The van der Waals surface area contributed by atoms with Crippen LogP contribution in [-0.2, 0) is 10.0 Å². The summed E-state index contributed by atoms with van der Waals surface area (Å²) in [5, 5.41) is 0. The second kappa shape index (κ2) is 7.98. The first-order valence-corrected chi connectivity index (χ1v) is 11.4. The van der Waals surface area contributed by atoms with Crippen LogP contribution in [-0.4, -0.2) is 52.0 Å². The Morgan fingerprint density at radius 1 is 0.962 bits per heavy atom. The molecule has 0 atom stereocenters. The predicted molar refractivity (Wildman–Crippen MR) is 110 cm³/mol. The van der Waals surface area contributed by atoms with Gasteiger partial charge in [0.15, 0.2) is 0 Å². The van der Waals surface area contributed by atoms with Crippen LogP contribution in [0.25, 0.3) is 0 Å². The highest BCUT2D eigenvalue weighted by atomic mass is 32.2. The van der Waals surface area contributed by atoms with Gasteiger partial charge in [-0.1, -0.05) is 0 Å². The van der Waals surface area contributed by atoms with Crippen molar-refractivity contribution in [1.82, 2.24) is 4.31 Å². The molecule has 0 aliphatic carbocycles. The second-order valence-electron chi connectivity index (χ2n) is 6.44. The molecule has 1 aliphatic heterocycles. The van der Waals surface area contributed by atoms with Gasteiger partial charge in [-0.3, -0.25) is 0 Å². The Kier molecular flexibility index (Phi) is 5.89. The lowest BCUT2D eigenvalue weighted by atomic mass is 10.2. The molecule has 3 rings (SSSR count). The molecule has 1 fully saturated rings. The highest BCUT2D eigenvalue weighted by Crippen LogP contribution is 2.27. The van der Waals surface area contributed by atoms with Gasteiger partial charge in [0.1, 0.15) is 4.21 Å². The van der Waals surface area contributed by atoms with Crippen LogP contribution in [0.15, 0.2) is 40.6 Å². The molecule has 1 saturated heterocycles. The molecule has 0 radical (unpaired) electrons. The lowest BCUT2D eigenvalue weighted by Crippen LogP contribution is -2.48. The summed E-state index contributed by atoms with van der Waals surface area (Å²) in [5.41, 5.74) is 2.39. The van der Waals surface area contributed by atoms with Crippen LogP contribution in [0.2, 0.25) is 0 Å². The molecule has 2 aromatic rings. The molecule has 26 heavy (non-hydrogen) atoms. The molecule has 5 nitrogen and oxygen atoms in total. The van der Waals surface area contributed by atoms with Gasteiger partial charge in [0.2, 0.25) is 0 Å². The molecule has 1 aromatic carbocycles. The van der Waals surface area contributed by atoms with E-state index in [0.717, 1.165) is 23.7 Å². The molecular weight excluding hydrogens is 366 g/mol. The molecule has 2 heterocycles. The largest absolute Gasteiger partial charge is 0.372 e. The smallest absolute Gasteiger partial charge is 0.252 e. The first-order valence-electron chi connectivity index (χ1n) is 9.12. The third-order valence-electron chi connectivity index (χ3n) is 4.89. The Bertz CT molecular complexity index is 819. The van der Waals surface area contributed by atoms with E-state index in [0.29, 0.717) is 30.4 Å². The van der Waals surface area contributed by atoms with Crippen LogP contribution < -0.4 is 9.80 Å². The van der Waals surface area contributed by atoms with E-state index in [9.17, 15) is 8.42 Å². The lowest BCUT2D eigenvalue weighted by molar-refractivity contribution is 0.386. The second-order valence-corrected chi connectivity index (χ2v) is 9.90. The fraction of sp³-hybridized carbons (Fsp3) is 0.474. The van der Waals surface area contributed by atoms with Gasteiger partial charge in [-0.2, -0.15) is 4.31 Å². The number of piperazine rings is 1. The third-order valence-corrected chi connectivity index (χ3v) is 8.26. The van der Waals surface area contributed by atoms with Crippen molar-refractivity contribution in [2.24, 2.45) is 0 Å². The third kappa shape index (κ3) is 3.89. The van der Waals surface area contributed by atoms with Gasteiger partial charge in [0, 0.05) is 55.5 Å². The van der Waals surface area contributed by atoms with E-state index in [-0.39, 0.29) is 0 Å². The first kappa shape index (κ1) is 19.2. The molecule has 1 aliphatic rings. The molecule has 142 valence electrons. The van der Waals surface area contributed by atoms with Gasteiger partial charge in [0.05, 0.1) is 0 Å². The number of hydrogen-bond acceptors (Lipinski definition) is 5. The number of hydrogen-bond donors (Lipinski definition) is 0. The fourth-order valence-electron chi connectivity index (χ4n) is 3.33. The zero-order valence-corrected chi connectivity index (χ0v) is 17.3. The molecular formula is C19H27N3O2S2. The molecule has 0 amide bonds. The van der Waals surface area contributed by atoms with Gasteiger partial charge in [-0.15, -0.1) is 11.3 Å². The Labute approximate surface area is 160 Å². The van der Waals surface area contributed by atoms with Crippen molar-refractivity contribution in [3.63, 3.8) is 0 Å². The number of benzene rings is 1. The summed E-state index contributed by atoms with van der Waals surface area (Å²) >= 11 is 1.35. The molecule has 7 heteroatoms. The number of sulfonamides is 1. The Balaban J connectivity index is 1.65. The lowest BCUT2D eigenvalue weighted by Gasteiger charge is -2.35. The summed E-state index contributed by atoms with van der Waals surface area (Å²) in [6.45, 7) is 10.7. The number of rotatable bonds is 6. The van der Waals surface area contributed by atoms with E-state index in [4.69, 9.17) is 0 Å². The monoisotopic (exact) mass is 393 g/mol. The number of anilines is 2. The van der Waals surface area contributed by atoms with Crippen LogP contribution in [0.1, 0.15) is 18.7 Å². The fourth-order valence-corrected chi connectivity index (χ4v) is 6.19. The van der Waals surface area contributed by atoms with Crippen LogP contribution >= 0.6 is 11.3 Å². The molecule has 0 saturated carbocycles. The van der Waals surface area contributed by atoms with E-state index < -0.39 is 10.0 Å². The van der Waals surface area contributed by atoms with Gasteiger partial charge in [-0.25, -0.2) is 8.42 Å². The zero-order valence-electron chi connectivity index (χ0n) is 15.7. The summed E-state index contributed by atoms with van der Waals surface area (Å²) in [7, 11) is -3.35. The van der Waals surface area contributed by atoms with Gasteiger partial charge in [0.25, 0.3) is 10.0 Å². The predicted octanol–water partition coefficient (Wildman–Crippen LogP) is 3.41. The number of nitrogens with zero attached hydrogens (tertiary/aromatic N) is 3. The summed E-state index contributed by atoms with van der Waals surface area (Å²) in [6.07, 6.45) is 0. The van der Waals surface area contributed by atoms with Crippen LogP contribution in [0.5, 0.6) is 0 Å². The molecule has 0 unspecified atom stereocenters. The van der Waals surface area contributed by atoms with Crippen molar-refractivity contribution in [2.75, 3.05) is 49.1 Å². The van der Waals surface area contributed by atoms with Crippen molar-refractivity contribution in [1.29, 1.82) is 0 Å². The van der Waals surface area contributed by atoms with E-state index in [2.05, 4.69) is 47.9 Å². The highest BCUT2D eigenvalue weighted by Gasteiger charge is 2.29. The highest BCUT2D eigenvalue weighted by molar-refractivity contribution is 7.91. The number of thiophene rings is 1. The molecule has 0 N–H and O–H groups in total. The first-order chi connectivity index (χ1) is 12.5. The quantitative estimate of drug-likeness (QED) is 0.754. The molecule has 0 bridgehead atoms. The van der Waals surface area contributed by atoms with Crippen molar-refractivity contribution in [3.05, 3.63) is 41.3 Å². The summed E-state index contributed by atoms with van der Waals surface area (Å²) in [4.78, 5) is 5.60. The molecule has 1 aromatic heterocycles. The standard InChI is InChI=1S/C19H27N3O2S2/c1-4-20(5-2)17-7-9-18(10-8-17)21-12-14-22(15-13-21)26(23,24)19-11-6-16(3)25-19/h6-11H,4-5,12-15H2,1-3H3. The minimum Gasteiger partial charge on any atom is -0.372 e. The van der Waals surface area contributed by atoms with Crippen molar-refractivity contribution < 1.29 is 8.42 Å². The van der Waals surface area contributed by atoms with Crippen LogP contribution in [0.3, 0.4) is 0 Å². The average Bonchev–Trinajstić information content (AvgIpc) is 3.11. The van der Waals surface area contributed by atoms with E-state index >= 15 is 0 Å². The topological polar surface area (TPSA) is 43.9 Å². The van der Waals surface area contributed by atoms with Gasteiger partial charge >= 0.3 is 0 Å². The van der Waals surface area contributed by atoms with Crippen molar-refractivity contribution >= 4 is 32.7 Å². The maximum Gasteiger partial charge on any atom is 0.252 e. The van der Waals surface area contributed by atoms with E-state index in [1.54, 1.807) is 10.4 Å². The maximum absolute atomic E-state index is 12.7. The molecule has 0 spiro atoms. The van der Waals surface area contributed by atoms with Crippen molar-refractivity contribution in [3.8, 4) is 0 Å². The zero-order chi connectivity index (χ0) is 18.7. The summed E-state index contributed by atoms with van der Waals surface area (Å²) < 4.78 is 27.5. The maximum atomic E-state index is 12.7. The van der Waals surface area contributed by atoms with E-state index in [1.165, 1.54) is 17.0 Å².